The summed E-state index contributed by atoms with van der Waals surface area (Å²) in [6.07, 6.45) is -0.0714. The van der Waals surface area contributed by atoms with Gasteiger partial charge in [-0.15, -0.1) is 0 Å². The number of amides is 3. The molecule has 0 atom stereocenters. The lowest BCUT2D eigenvalue weighted by atomic mass is 10.1. The van der Waals surface area contributed by atoms with Gasteiger partial charge in [0.1, 0.15) is 0 Å². The largest absolute Gasteiger partial charge is 0.326 e. The monoisotopic (exact) mass is 392 g/mol. The number of imide groups is 1. The lowest BCUT2D eigenvalue weighted by molar-refractivity contribution is -0.116. The van der Waals surface area contributed by atoms with E-state index in [1.54, 1.807) is 24.3 Å². The average Bonchev–Trinajstić information content (AvgIpc) is 2.93. The molecule has 4 rings (SSSR count). The number of H-pyrrole nitrogens is 1. The van der Waals surface area contributed by atoms with Gasteiger partial charge in [-0.3, -0.25) is 34.0 Å². The number of aromatic amines is 1. The smallest absolute Gasteiger partial charge is 0.273 e. The highest BCUT2D eigenvalue weighted by Gasteiger charge is 2.32. The van der Waals surface area contributed by atoms with Crippen molar-refractivity contribution in [1.82, 2.24) is 14.7 Å². The summed E-state index contributed by atoms with van der Waals surface area (Å²) >= 11 is 0. The second-order valence-corrected chi connectivity index (χ2v) is 6.67. The number of nitrogens with zero attached hydrogens (tertiary/aromatic N) is 2. The third-order valence-electron chi connectivity index (χ3n) is 4.82. The van der Waals surface area contributed by atoms with Gasteiger partial charge in [0.2, 0.25) is 5.91 Å². The summed E-state index contributed by atoms with van der Waals surface area (Å²) in [7, 11) is 1.39. The van der Waals surface area contributed by atoms with Gasteiger partial charge >= 0.3 is 0 Å². The van der Waals surface area contributed by atoms with Crippen LogP contribution < -0.4 is 16.4 Å². The van der Waals surface area contributed by atoms with Gasteiger partial charge in [0.05, 0.1) is 28.4 Å². The number of anilines is 1. The van der Waals surface area contributed by atoms with E-state index in [9.17, 15) is 24.0 Å². The Kier molecular flexibility index (Phi) is 4.34. The molecular formula is C20H16N4O5. The Bertz CT molecular complexity index is 1300. The van der Waals surface area contributed by atoms with E-state index in [1.165, 1.54) is 25.2 Å². The first-order valence-electron chi connectivity index (χ1n) is 8.85. The predicted octanol–water partition coefficient (Wildman–Crippen LogP) is 0.944. The fraction of sp³-hybridized carbons (Fsp3) is 0.150. The van der Waals surface area contributed by atoms with Gasteiger partial charge in [-0.1, -0.05) is 12.1 Å². The molecule has 0 saturated carbocycles. The summed E-state index contributed by atoms with van der Waals surface area (Å²) in [4.78, 5) is 61.8. The minimum Gasteiger partial charge on any atom is -0.326 e. The summed E-state index contributed by atoms with van der Waals surface area (Å²) in [6.45, 7) is -0.0180. The average molecular weight is 392 g/mol. The number of carbonyl (C=O) groups is 3. The third-order valence-corrected chi connectivity index (χ3v) is 4.82. The van der Waals surface area contributed by atoms with Crippen molar-refractivity contribution in [3.05, 3.63) is 74.3 Å². The zero-order chi connectivity index (χ0) is 20.7. The van der Waals surface area contributed by atoms with Crippen molar-refractivity contribution in [2.45, 2.75) is 13.0 Å². The van der Waals surface area contributed by atoms with Gasteiger partial charge in [0.25, 0.3) is 22.9 Å². The van der Waals surface area contributed by atoms with E-state index in [2.05, 4.69) is 10.4 Å². The summed E-state index contributed by atoms with van der Waals surface area (Å²) in [5.41, 5.74) is 0.0786. The molecule has 2 N–H and O–H groups in total. The van der Waals surface area contributed by atoms with Crippen LogP contribution in [0, 0.1) is 0 Å². The van der Waals surface area contributed by atoms with Crippen LogP contribution in [-0.4, -0.2) is 39.4 Å². The van der Waals surface area contributed by atoms with Gasteiger partial charge in [-0.2, -0.15) is 0 Å². The molecule has 0 bridgehead atoms. The van der Waals surface area contributed by atoms with Crippen LogP contribution in [0.4, 0.5) is 5.69 Å². The minimum atomic E-state index is -0.429. The zero-order valence-corrected chi connectivity index (χ0v) is 15.4. The highest BCUT2D eigenvalue weighted by Crippen LogP contribution is 2.24. The predicted molar refractivity (Wildman–Crippen MR) is 105 cm³/mol. The Hall–Kier alpha value is -4.01. The van der Waals surface area contributed by atoms with Crippen molar-refractivity contribution in [2.24, 2.45) is 0 Å². The molecule has 1 aliphatic rings. The second-order valence-electron chi connectivity index (χ2n) is 6.67. The number of hydrogen-bond acceptors (Lipinski definition) is 5. The highest BCUT2D eigenvalue weighted by atomic mass is 16.2. The number of carbonyl (C=O) groups excluding carboxylic acids is 3. The van der Waals surface area contributed by atoms with Crippen molar-refractivity contribution in [1.29, 1.82) is 0 Å². The molecule has 146 valence electrons. The molecule has 0 saturated heterocycles. The van der Waals surface area contributed by atoms with Crippen LogP contribution in [0.25, 0.3) is 10.8 Å². The number of rotatable bonds is 4. The van der Waals surface area contributed by atoms with Gasteiger partial charge in [-0.05, 0) is 30.3 Å². The van der Waals surface area contributed by atoms with Crippen molar-refractivity contribution in [3.8, 4) is 0 Å². The number of aryl methyl sites for hydroxylation is 1. The Morgan fingerprint density at radius 1 is 0.966 bits per heavy atom. The van der Waals surface area contributed by atoms with Crippen molar-refractivity contribution in [3.63, 3.8) is 0 Å². The Morgan fingerprint density at radius 2 is 1.66 bits per heavy atom. The maximum absolute atomic E-state index is 12.5. The first-order chi connectivity index (χ1) is 13.9. The Balaban J connectivity index is 1.50. The lowest BCUT2D eigenvalue weighted by Gasteiger charge is -2.08. The molecule has 0 radical (unpaired) electrons. The third kappa shape index (κ3) is 3.12. The quantitative estimate of drug-likeness (QED) is 0.640. The van der Waals surface area contributed by atoms with Crippen LogP contribution in [0.3, 0.4) is 0 Å². The molecule has 29 heavy (non-hydrogen) atoms. The fourth-order valence-corrected chi connectivity index (χ4v) is 3.28. The number of nitrogens with one attached hydrogen (secondary N) is 2. The summed E-state index contributed by atoms with van der Waals surface area (Å²) in [6, 6.07) is 10.9. The van der Waals surface area contributed by atoms with E-state index >= 15 is 0 Å². The van der Waals surface area contributed by atoms with Crippen LogP contribution in [0.5, 0.6) is 0 Å². The molecule has 3 aromatic rings. The first kappa shape index (κ1) is 18.4. The Labute approximate surface area is 163 Å². The molecule has 1 aromatic heterocycles. The summed E-state index contributed by atoms with van der Waals surface area (Å²) in [5.74, 6) is -1.22. The fourth-order valence-electron chi connectivity index (χ4n) is 3.28. The SMILES string of the molecule is CN1C(=O)c2ccc(NC(=O)CCn3[nH]c(=O)c4ccccc4c3=O)cc2C1=O. The van der Waals surface area contributed by atoms with Gasteiger partial charge in [0, 0.05) is 19.2 Å². The topological polar surface area (TPSA) is 121 Å². The van der Waals surface area contributed by atoms with E-state index in [0.29, 0.717) is 11.1 Å². The van der Waals surface area contributed by atoms with Gasteiger partial charge in [-0.25, -0.2) is 4.68 Å². The standard InChI is InChI=1S/C20H16N4O5/c1-23-18(27)14-7-6-11(10-15(14)19(23)28)21-16(25)8-9-24-20(29)13-5-3-2-4-12(13)17(26)22-24/h2-7,10H,8-9H2,1H3,(H,21,25)(H,22,26). The maximum Gasteiger partial charge on any atom is 0.273 e. The molecule has 0 unspecified atom stereocenters. The number of aromatic nitrogens is 2. The van der Waals surface area contributed by atoms with E-state index in [0.717, 1.165) is 9.58 Å². The van der Waals surface area contributed by atoms with E-state index in [4.69, 9.17) is 0 Å². The molecule has 3 amide bonds. The van der Waals surface area contributed by atoms with Gasteiger partial charge < -0.3 is 5.32 Å². The van der Waals surface area contributed by atoms with Crippen molar-refractivity contribution in [2.75, 3.05) is 12.4 Å². The second kappa shape index (κ2) is 6.86. The van der Waals surface area contributed by atoms with E-state index in [1.807, 2.05) is 0 Å². The van der Waals surface area contributed by atoms with Crippen LogP contribution >= 0.6 is 0 Å². The Morgan fingerprint density at radius 3 is 2.41 bits per heavy atom. The van der Waals surface area contributed by atoms with Crippen LogP contribution in [-0.2, 0) is 11.3 Å². The van der Waals surface area contributed by atoms with Crippen LogP contribution in [0.1, 0.15) is 27.1 Å². The first-order valence-corrected chi connectivity index (χ1v) is 8.85. The molecule has 2 aromatic carbocycles. The highest BCUT2D eigenvalue weighted by molar-refractivity contribution is 6.21. The molecule has 2 heterocycles. The molecule has 0 spiro atoms. The minimum absolute atomic E-state index is 0.0180. The molecule has 9 heteroatoms. The molecule has 9 nitrogen and oxygen atoms in total. The van der Waals surface area contributed by atoms with E-state index < -0.39 is 22.9 Å². The normalized spacial score (nSPS) is 13.1. The maximum atomic E-state index is 12.5. The zero-order valence-electron chi connectivity index (χ0n) is 15.4. The number of benzene rings is 2. The van der Waals surface area contributed by atoms with E-state index in [-0.39, 0.29) is 35.4 Å². The van der Waals surface area contributed by atoms with Crippen LogP contribution in [0.15, 0.2) is 52.1 Å². The van der Waals surface area contributed by atoms with Crippen LogP contribution in [0.2, 0.25) is 0 Å². The molecule has 1 aliphatic heterocycles. The number of fused-ring (bicyclic) bond motifs is 2. The number of hydrogen-bond donors (Lipinski definition) is 2. The van der Waals surface area contributed by atoms with Crippen molar-refractivity contribution >= 4 is 34.2 Å². The molecule has 0 fully saturated rings. The molecular weight excluding hydrogens is 376 g/mol. The van der Waals surface area contributed by atoms with Gasteiger partial charge in [0.15, 0.2) is 0 Å². The summed E-state index contributed by atoms with van der Waals surface area (Å²) < 4.78 is 1.10. The van der Waals surface area contributed by atoms with Crippen molar-refractivity contribution < 1.29 is 14.4 Å². The lowest BCUT2D eigenvalue weighted by Crippen LogP contribution is -2.31. The molecule has 0 aliphatic carbocycles. The summed E-state index contributed by atoms with van der Waals surface area (Å²) in [5, 5.41) is 5.68.